The van der Waals surface area contributed by atoms with Gasteiger partial charge in [-0.2, -0.15) is 0 Å². The second-order valence-electron chi connectivity index (χ2n) is 18.2. The zero-order valence-electron chi connectivity index (χ0n) is 41.0. The first-order chi connectivity index (χ1) is 33.6. The van der Waals surface area contributed by atoms with Crippen LogP contribution in [-0.4, -0.2) is 63.6 Å². The Morgan fingerprint density at radius 1 is 0.441 bits per heavy atom. The number of benzene rings is 4. The highest BCUT2D eigenvalue weighted by molar-refractivity contribution is 5.89. The van der Waals surface area contributed by atoms with Gasteiger partial charge in [0.2, 0.25) is 0 Å². The third-order valence-corrected chi connectivity index (χ3v) is 12.6. The molecule has 0 spiro atoms. The van der Waals surface area contributed by atoms with Crippen LogP contribution in [0.2, 0.25) is 0 Å². The van der Waals surface area contributed by atoms with E-state index in [9.17, 15) is 4.79 Å². The van der Waals surface area contributed by atoms with Gasteiger partial charge in [-0.25, -0.2) is 4.79 Å². The monoisotopic (exact) mass is 925 g/mol. The topological polar surface area (TPSA) is 81.7 Å². The molecular formula is C60H76O8. The molecule has 2 aliphatic heterocycles. The van der Waals surface area contributed by atoms with Crippen molar-refractivity contribution in [1.29, 1.82) is 0 Å². The summed E-state index contributed by atoms with van der Waals surface area (Å²) in [5, 5.41) is 0. The van der Waals surface area contributed by atoms with Crippen LogP contribution in [0.3, 0.4) is 0 Å². The molecule has 2 heterocycles. The molecule has 0 aliphatic carbocycles. The van der Waals surface area contributed by atoms with Gasteiger partial charge in [0.25, 0.3) is 0 Å². The zero-order valence-corrected chi connectivity index (χ0v) is 41.0. The van der Waals surface area contributed by atoms with Gasteiger partial charge in [-0.1, -0.05) is 153 Å². The molecule has 4 atom stereocenters. The Morgan fingerprint density at radius 3 is 1.19 bits per heavy atom. The van der Waals surface area contributed by atoms with Crippen LogP contribution in [0.1, 0.15) is 175 Å². The average Bonchev–Trinajstić information content (AvgIpc) is 3.97. The highest BCUT2D eigenvalue weighted by atomic mass is 16.7. The van der Waals surface area contributed by atoms with Crippen molar-refractivity contribution in [2.24, 2.45) is 0 Å². The van der Waals surface area contributed by atoms with Gasteiger partial charge in [-0.3, -0.25) is 0 Å². The molecule has 68 heavy (non-hydrogen) atoms. The van der Waals surface area contributed by atoms with Crippen LogP contribution in [0.15, 0.2) is 97.1 Å². The average molecular weight is 925 g/mol. The Balaban J connectivity index is 0.819. The van der Waals surface area contributed by atoms with Gasteiger partial charge in [0.15, 0.2) is 12.9 Å². The zero-order chi connectivity index (χ0) is 47.3. The fourth-order valence-electron chi connectivity index (χ4n) is 8.51. The minimum absolute atomic E-state index is 0.0259. The van der Waals surface area contributed by atoms with E-state index in [1.807, 2.05) is 84.9 Å². The minimum Gasteiger partial charge on any atom is -0.494 e. The summed E-state index contributed by atoms with van der Waals surface area (Å²) in [4.78, 5) is 13.1. The quantitative estimate of drug-likeness (QED) is 0.0221. The van der Waals surface area contributed by atoms with E-state index in [1.165, 1.54) is 116 Å². The summed E-state index contributed by atoms with van der Waals surface area (Å²) in [5.74, 6) is 14.8. The van der Waals surface area contributed by atoms with Crippen molar-refractivity contribution in [3.05, 3.63) is 125 Å². The lowest BCUT2D eigenvalue weighted by molar-refractivity contribution is -0.0839. The van der Waals surface area contributed by atoms with E-state index in [0.717, 1.165) is 59.8 Å². The normalized spacial score (nSPS) is 17.1. The van der Waals surface area contributed by atoms with Gasteiger partial charge >= 0.3 is 5.97 Å². The van der Waals surface area contributed by atoms with E-state index < -0.39 is 18.2 Å². The van der Waals surface area contributed by atoms with E-state index >= 15 is 0 Å². The van der Waals surface area contributed by atoms with E-state index in [1.54, 1.807) is 12.1 Å². The Labute approximate surface area is 408 Å². The fraction of sp³-hybridized carbons (Fsp3) is 0.517. The SMILES string of the molecule is CCCCCCCCCCCCOc1ccc(C#Cc2ccc(OCO[C@H]3COC4C3OC[C@H]4OC(=O)c3ccc(C#Cc4ccc(OCCCCCCCCCCCC)cc4)cc3)cc2)cc1. The van der Waals surface area contributed by atoms with E-state index in [4.69, 9.17) is 33.2 Å². The van der Waals surface area contributed by atoms with Crippen molar-refractivity contribution in [2.45, 2.75) is 167 Å². The second-order valence-corrected chi connectivity index (χ2v) is 18.2. The molecule has 0 radical (unpaired) electrons. The maximum Gasteiger partial charge on any atom is 0.338 e. The predicted octanol–water partition coefficient (Wildman–Crippen LogP) is 13.8. The molecule has 4 aromatic carbocycles. The maximum atomic E-state index is 13.1. The number of hydrogen-bond acceptors (Lipinski definition) is 8. The number of unbranched alkanes of at least 4 members (excludes halogenated alkanes) is 18. The molecule has 364 valence electrons. The van der Waals surface area contributed by atoms with Gasteiger partial charge < -0.3 is 33.2 Å². The van der Waals surface area contributed by atoms with Crippen LogP contribution in [0.25, 0.3) is 0 Å². The number of rotatable bonds is 30. The van der Waals surface area contributed by atoms with Crippen LogP contribution in [-0.2, 0) is 18.9 Å². The summed E-state index contributed by atoms with van der Waals surface area (Å²) in [6.45, 7) is 6.60. The molecule has 0 N–H and O–H groups in total. The molecule has 2 aliphatic rings. The Bertz CT molecular complexity index is 2130. The van der Waals surface area contributed by atoms with E-state index in [2.05, 4.69) is 37.5 Å². The van der Waals surface area contributed by atoms with Gasteiger partial charge in [0, 0.05) is 22.3 Å². The second kappa shape index (κ2) is 31.0. The van der Waals surface area contributed by atoms with Crippen molar-refractivity contribution in [1.82, 2.24) is 0 Å². The number of ether oxygens (including phenoxy) is 7. The minimum atomic E-state index is -0.539. The Kier molecular flexibility index (Phi) is 23.8. The van der Waals surface area contributed by atoms with Gasteiger partial charge in [-0.05, 0) is 110 Å². The molecule has 2 unspecified atom stereocenters. The van der Waals surface area contributed by atoms with Crippen LogP contribution in [0, 0.1) is 23.7 Å². The van der Waals surface area contributed by atoms with E-state index in [-0.39, 0.29) is 25.6 Å². The van der Waals surface area contributed by atoms with Crippen LogP contribution >= 0.6 is 0 Å². The molecule has 0 amide bonds. The Morgan fingerprint density at radius 2 is 0.779 bits per heavy atom. The summed E-state index contributed by atoms with van der Waals surface area (Å²) in [5.41, 5.74) is 3.95. The molecular weight excluding hydrogens is 849 g/mol. The first kappa shape index (κ1) is 52.1. The van der Waals surface area contributed by atoms with Crippen LogP contribution < -0.4 is 14.2 Å². The number of carbonyl (C=O) groups is 1. The first-order valence-corrected chi connectivity index (χ1v) is 26.0. The van der Waals surface area contributed by atoms with E-state index in [0.29, 0.717) is 17.9 Å². The summed E-state index contributed by atoms with van der Waals surface area (Å²) in [6.07, 6.45) is 24.6. The molecule has 8 heteroatoms. The number of hydrogen-bond donors (Lipinski definition) is 0. The molecule has 6 rings (SSSR count). The predicted molar refractivity (Wildman–Crippen MR) is 271 cm³/mol. The highest BCUT2D eigenvalue weighted by Crippen LogP contribution is 2.31. The molecule has 0 bridgehead atoms. The lowest BCUT2D eigenvalue weighted by Crippen LogP contribution is -2.35. The van der Waals surface area contributed by atoms with Crippen LogP contribution in [0.4, 0.5) is 0 Å². The molecule has 2 fully saturated rings. The maximum absolute atomic E-state index is 13.1. The molecule has 0 saturated carbocycles. The molecule has 2 saturated heterocycles. The fourth-order valence-corrected chi connectivity index (χ4v) is 8.51. The molecule has 8 nitrogen and oxygen atoms in total. The third kappa shape index (κ3) is 19.0. The summed E-state index contributed by atoms with van der Waals surface area (Å²) in [6, 6.07) is 30.6. The van der Waals surface area contributed by atoms with Crippen molar-refractivity contribution >= 4 is 5.97 Å². The van der Waals surface area contributed by atoms with Crippen molar-refractivity contribution in [3.63, 3.8) is 0 Å². The first-order valence-electron chi connectivity index (χ1n) is 26.0. The summed E-state index contributed by atoms with van der Waals surface area (Å²) >= 11 is 0. The molecule has 0 aromatic heterocycles. The van der Waals surface area contributed by atoms with Crippen molar-refractivity contribution in [3.8, 4) is 40.9 Å². The number of fused-ring (bicyclic) bond motifs is 1. The van der Waals surface area contributed by atoms with Crippen LogP contribution in [0.5, 0.6) is 17.2 Å². The number of carbonyl (C=O) groups excluding carboxylic acids is 1. The third-order valence-electron chi connectivity index (χ3n) is 12.6. The molecule has 4 aromatic rings. The smallest absolute Gasteiger partial charge is 0.338 e. The number of esters is 1. The summed E-state index contributed by atoms with van der Waals surface area (Å²) in [7, 11) is 0. The summed E-state index contributed by atoms with van der Waals surface area (Å²) < 4.78 is 41.6. The van der Waals surface area contributed by atoms with Gasteiger partial charge in [0.1, 0.15) is 35.6 Å². The van der Waals surface area contributed by atoms with Gasteiger partial charge in [-0.15, -0.1) is 0 Å². The largest absolute Gasteiger partial charge is 0.494 e. The highest BCUT2D eigenvalue weighted by Gasteiger charge is 2.50. The van der Waals surface area contributed by atoms with Crippen molar-refractivity contribution in [2.75, 3.05) is 33.2 Å². The van der Waals surface area contributed by atoms with Gasteiger partial charge in [0.05, 0.1) is 32.0 Å². The Hall–Kier alpha value is -5.25. The van der Waals surface area contributed by atoms with Crippen molar-refractivity contribution < 1.29 is 38.0 Å². The lowest BCUT2D eigenvalue weighted by atomic mass is 10.1. The standard InChI is InChI=1S/C60H76O8/c1-3-5-7-9-11-13-15-17-19-21-43-62-53-37-29-49(30-38-53)24-23-48-27-35-52(36-28-48)60(61)68-57-46-65-58-56(45-64-59(57)58)67-47-66-55-41-33-51(34-42-55)26-25-50-31-39-54(40-32-50)63-44-22-20-18-16-14-12-10-8-6-4-2/h27-42,56-59H,3-22,43-47H2,1-2H3/t56-,57+,58?,59?/m0/s1. The lowest BCUT2D eigenvalue weighted by Gasteiger charge is -2.17.